The second kappa shape index (κ2) is 6.06. The number of nitrogens with two attached hydrogens (primary N) is 1. The molecule has 1 unspecified atom stereocenters. The molecule has 0 aliphatic heterocycles. The number of amides is 1. The molecular formula is C15H14FNO3. The van der Waals surface area contributed by atoms with E-state index in [2.05, 4.69) is 0 Å². The van der Waals surface area contributed by atoms with Crippen LogP contribution >= 0.6 is 0 Å². The zero-order chi connectivity index (χ0) is 14.5. The van der Waals surface area contributed by atoms with E-state index in [9.17, 15) is 9.18 Å². The van der Waals surface area contributed by atoms with Crippen LogP contribution in [0.3, 0.4) is 0 Å². The Morgan fingerprint density at radius 1 is 1.15 bits per heavy atom. The monoisotopic (exact) mass is 275 g/mol. The Hall–Kier alpha value is -2.56. The summed E-state index contributed by atoms with van der Waals surface area (Å²) in [4.78, 5) is 11.1. The topological polar surface area (TPSA) is 61.6 Å². The van der Waals surface area contributed by atoms with E-state index in [0.717, 1.165) is 0 Å². The molecule has 0 heterocycles. The van der Waals surface area contributed by atoms with Crippen molar-refractivity contribution >= 4 is 6.09 Å². The summed E-state index contributed by atoms with van der Waals surface area (Å²) in [5.41, 5.74) is 6.23. The molecule has 0 radical (unpaired) electrons. The molecule has 0 aromatic heterocycles. The molecule has 20 heavy (non-hydrogen) atoms. The summed E-state index contributed by atoms with van der Waals surface area (Å²) in [7, 11) is 1.44. The van der Waals surface area contributed by atoms with E-state index >= 15 is 0 Å². The standard InChI is InChI=1S/C15H14FNO3/c1-19-13-8-11(7-12(16)9-13)14(20-15(17)18)10-5-3-2-4-6-10/h2-9,14H,1H3,(H2,17,18). The molecule has 0 saturated carbocycles. The predicted octanol–water partition coefficient (Wildman–Crippen LogP) is 3.02. The number of benzene rings is 2. The van der Waals surface area contributed by atoms with Gasteiger partial charge in [-0.15, -0.1) is 0 Å². The van der Waals surface area contributed by atoms with Crippen molar-refractivity contribution in [2.75, 3.05) is 7.11 Å². The molecule has 104 valence electrons. The number of rotatable bonds is 4. The summed E-state index contributed by atoms with van der Waals surface area (Å²) in [5.74, 6) is -0.137. The highest BCUT2D eigenvalue weighted by atomic mass is 19.1. The van der Waals surface area contributed by atoms with Crippen molar-refractivity contribution in [3.05, 3.63) is 65.5 Å². The fraction of sp³-hybridized carbons (Fsp3) is 0.133. The summed E-state index contributed by atoms with van der Waals surface area (Å²) in [5, 5.41) is 0. The largest absolute Gasteiger partial charge is 0.497 e. The van der Waals surface area contributed by atoms with Gasteiger partial charge in [0.15, 0.2) is 6.10 Å². The molecule has 1 amide bonds. The molecule has 5 heteroatoms. The Morgan fingerprint density at radius 2 is 1.85 bits per heavy atom. The van der Waals surface area contributed by atoms with Crippen molar-refractivity contribution in [2.45, 2.75) is 6.10 Å². The molecule has 0 aliphatic rings. The fourth-order valence-electron chi connectivity index (χ4n) is 1.93. The number of hydrogen-bond donors (Lipinski definition) is 1. The van der Waals surface area contributed by atoms with Crippen LogP contribution in [-0.4, -0.2) is 13.2 Å². The Labute approximate surface area is 115 Å². The van der Waals surface area contributed by atoms with Crippen LogP contribution in [0.25, 0.3) is 0 Å². The van der Waals surface area contributed by atoms with Gasteiger partial charge in [0.25, 0.3) is 0 Å². The molecule has 0 saturated heterocycles. The average molecular weight is 275 g/mol. The van der Waals surface area contributed by atoms with Crippen molar-refractivity contribution in [3.63, 3.8) is 0 Å². The van der Waals surface area contributed by atoms with E-state index in [0.29, 0.717) is 16.9 Å². The smallest absolute Gasteiger partial charge is 0.405 e. The van der Waals surface area contributed by atoms with E-state index in [1.807, 2.05) is 6.07 Å². The fourth-order valence-corrected chi connectivity index (χ4v) is 1.93. The summed E-state index contributed by atoms with van der Waals surface area (Å²) in [6.45, 7) is 0. The van der Waals surface area contributed by atoms with Crippen LogP contribution in [0.5, 0.6) is 5.75 Å². The zero-order valence-electron chi connectivity index (χ0n) is 10.9. The average Bonchev–Trinajstić information content (AvgIpc) is 2.44. The summed E-state index contributed by atoms with van der Waals surface area (Å²) < 4.78 is 23.7. The van der Waals surface area contributed by atoms with Gasteiger partial charge < -0.3 is 15.2 Å². The van der Waals surface area contributed by atoms with Gasteiger partial charge in [-0.05, 0) is 17.7 Å². The second-order valence-electron chi connectivity index (χ2n) is 4.15. The lowest BCUT2D eigenvalue weighted by Crippen LogP contribution is -2.18. The molecule has 0 fully saturated rings. The van der Waals surface area contributed by atoms with Crippen LogP contribution in [0, 0.1) is 5.82 Å². The lowest BCUT2D eigenvalue weighted by molar-refractivity contribution is 0.126. The molecule has 0 spiro atoms. The molecule has 2 aromatic carbocycles. The third-order valence-electron chi connectivity index (χ3n) is 2.77. The van der Waals surface area contributed by atoms with E-state index in [4.69, 9.17) is 15.2 Å². The minimum absolute atomic E-state index is 0.342. The Balaban J connectivity index is 2.46. The highest BCUT2D eigenvalue weighted by Crippen LogP contribution is 2.29. The van der Waals surface area contributed by atoms with Gasteiger partial charge in [-0.2, -0.15) is 0 Å². The third kappa shape index (κ3) is 3.26. The maximum Gasteiger partial charge on any atom is 0.405 e. The molecule has 2 N–H and O–H groups in total. The van der Waals surface area contributed by atoms with Gasteiger partial charge in [0.2, 0.25) is 0 Å². The van der Waals surface area contributed by atoms with Gasteiger partial charge in [-0.25, -0.2) is 9.18 Å². The van der Waals surface area contributed by atoms with Gasteiger partial charge in [0, 0.05) is 11.6 Å². The van der Waals surface area contributed by atoms with Crippen molar-refractivity contribution < 1.29 is 18.7 Å². The molecule has 2 rings (SSSR count). The van der Waals surface area contributed by atoms with Crippen LogP contribution in [0.1, 0.15) is 17.2 Å². The highest BCUT2D eigenvalue weighted by molar-refractivity contribution is 5.65. The van der Waals surface area contributed by atoms with Crippen LogP contribution in [-0.2, 0) is 4.74 Å². The maximum absolute atomic E-state index is 13.6. The number of ether oxygens (including phenoxy) is 2. The first-order chi connectivity index (χ1) is 9.60. The van der Waals surface area contributed by atoms with Gasteiger partial charge in [-0.1, -0.05) is 30.3 Å². The first kappa shape index (κ1) is 13.9. The van der Waals surface area contributed by atoms with E-state index in [-0.39, 0.29) is 0 Å². The van der Waals surface area contributed by atoms with Crippen LogP contribution < -0.4 is 10.5 Å². The molecule has 4 nitrogen and oxygen atoms in total. The van der Waals surface area contributed by atoms with Crippen LogP contribution in [0.15, 0.2) is 48.5 Å². The first-order valence-electron chi connectivity index (χ1n) is 5.95. The van der Waals surface area contributed by atoms with Gasteiger partial charge in [-0.3, -0.25) is 0 Å². The Bertz CT molecular complexity index is 601. The van der Waals surface area contributed by atoms with Crippen LogP contribution in [0.2, 0.25) is 0 Å². The number of methoxy groups -OCH3 is 1. The van der Waals surface area contributed by atoms with Gasteiger partial charge in [0.1, 0.15) is 11.6 Å². The molecule has 1 atom stereocenters. The zero-order valence-corrected chi connectivity index (χ0v) is 10.9. The lowest BCUT2D eigenvalue weighted by Gasteiger charge is -2.18. The van der Waals surface area contributed by atoms with E-state index < -0.39 is 18.0 Å². The number of primary amides is 1. The molecule has 0 bridgehead atoms. The summed E-state index contributed by atoms with van der Waals surface area (Å²) in [6, 6.07) is 13.1. The van der Waals surface area contributed by atoms with E-state index in [1.165, 1.54) is 19.2 Å². The number of hydrogen-bond acceptors (Lipinski definition) is 3. The lowest BCUT2D eigenvalue weighted by atomic mass is 10.0. The number of carbonyl (C=O) groups excluding carboxylic acids is 1. The van der Waals surface area contributed by atoms with Gasteiger partial charge in [0.05, 0.1) is 7.11 Å². The molecule has 0 aliphatic carbocycles. The predicted molar refractivity (Wildman–Crippen MR) is 71.9 cm³/mol. The van der Waals surface area contributed by atoms with Crippen molar-refractivity contribution in [1.29, 1.82) is 0 Å². The molecular weight excluding hydrogens is 261 g/mol. The SMILES string of the molecule is COc1cc(F)cc(C(OC(N)=O)c2ccccc2)c1. The maximum atomic E-state index is 13.6. The number of halogens is 1. The first-order valence-corrected chi connectivity index (χ1v) is 5.95. The summed E-state index contributed by atoms with van der Waals surface area (Å²) >= 11 is 0. The number of carbonyl (C=O) groups is 1. The third-order valence-corrected chi connectivity index (χ3v) is 2.77. The quantitative estimate of drug-likeness (QED) is 0.933. The highest BCUT2D eigenvalue weighted by Gasteiger charge is 2.19. The minimum Gasteiger partial charge on any atom is -0.497 e. The van der Waals surface area contributed by atoms with Crippen molar-refractivity contribution in [2.24, 2.45) is 5.73 Å². The molecule has 2 aromatic rings. The Kier molecular flexibility index (Phi) is 4.20. The van der Waals surface area contributed by atoms with Crippen molar-refractivity contribution in [1.82, 2.24) is 0 Å². The van der Waals surface area contributed by atoms with Crippen LogP contribution in [0.4, 0.5) is 9.18 Å². The van der Waals surface area contributed by atoms with E-state index in [1.54, 1.807) is 30.3 Å². The van der Waals surface area contributed by atoms with Gasteiger partial charge >= 0.3 is 6.09 Å². The minimum atomic E-state index is -0.929. The second-order valence-corrected chi connectivity index (χ2v) is 4.15. The normalized spacial score (nSPS) is 11.7. The summed E-state index contributed by atoms with van der Waals surface area (Å²) in [6.07, 6.45) is -1.71. The Morgan fingerprint density at radius 3 is 2.45 bits per heavy atom. The van der Waals surface area contributed by atoms with Crippen molar-refractivity contribution in [3.8, 4) is 5.75 Å².